The summed E-state index contributed by atoms with van der Waals surface area (Å²) in [4.78, 5) is 3.86. The highest BCUT2D eigenvalue weighted by Gasteiger charge is 2.21. The van der Waals surface area contributed by atoms with Gasteiger partial charge in [0.15, 0.2) is 5.65 Å². The maximum absolute atomic E-state index is 12.4. The Balaban J connectivity index is 2.09. The van der Waals surface area contributed by atoms with Crippen LogP contribution >= 0.6 is 11.6 Å². The molecule has 3 aromatic rings. The van der Waals surface area contributed by atoms with Gasteiger partial charge in [-0.3, -0.25) is 4.72 Å². The van der Waals surface area contributed by atoms with Gasteiger partial charge in [-0.2, -0.15) is 5.10 Å². The number of anilines is 1. The van der Waals surface area contributed by atoms with Crippen LogP contribution in [0.3, 0.4) is 0 Å². The summed E-state index contributed by atoms with van der Waals surface area (Å²) in [5, 5.41) is 14.1. The van der Waals surface area contributed by atoms with E-state index >= 15 is 0 Å². The van der Waals surface area contributed by atoms with Crippen molar-refractivity contribution in [2.75, 3.05) is 4.72 Å². The Kier molecular flexibility index (Phi) is 3.42. The second kappa shape index (κ2) is 5.15. The number of hydrogen-bond donors (Lipinski definition) is 2. The fourth-order valence-electron chi connectivity index (χ4n) is 2.00. The molecule has 22 heavy (non-hydrogen) atoms. The lowest BCUT2D eigenvalue weighted by Crippen LogP contribution is -2.14. The number of aromatic hydroxyl groups is 1. The van der Waals surface area contributed by atoms with Gasteiger partial charge in [-0.15, -0.1) is 0 Å². The minimum absolute atomic E-state index is 0.203. The average Bonchev–Trinajstić information content (AvgIpc) is 2.82. The molecule has 2 aromatic heterocycles. The van der Waals surface area contributed by atoms with E-state index in [1.807, 2.05) is 0 Å². The predicted molar refractivity (Wildman–Crippen MR) is 81.6 cm³/mol. The number of sulfonamides is 1. The molecular formula is C13H11ClN4O3S. The van der Waals surface area contributed by atoms with Gasteiger partial charge < -0.3 is 5.11 Å². The summed E-state index contributed by atoms with van der Waals surface area (Å²) >= 11 is 5.79. The Morgan fingerprint density at radius 1 is 1.32 bits per heavy atom. The van der Waals surface area contributed by atoms with Crippen LogP contribution in [0.2, 0.25) is 5.02 Å². The topological polar surface area (TPSA) is 96.6 Å². The van der Waals surface area contributed by atoms with Gasteiger partial charge in [-0.25, -0.2) is 17.9 Å². The molecule has 0 aliphatic carbocycles. The van der Waals surface area contributed by atoms with Crippen molar-refractivity contribution >= 4 is 33.0 Å². The van der Waals surface area contributed by atoms with Gasteiger partial charge >= 0.3 is 0 Å². The molecule has 9 heteroatoms. The first-order chi connectivity index (χ1) is 10.4. The summed E-state index contributed by atoms with van der Waals surface area (Å²) in [6.45, 7) is 1.70. The zero-order valence-corrected chi connectivity index (χ0v) is 12.9. The van der Waals surface area contributed by atoms with Crippen molar-refractivity contribution in [2.45, 2.75) is 11.8 Å². The van der Waals surface area contributed by atoms with Crippen LogP contribution < -0.4 is 4.72 Å². The number of halogens is 1. The number of hydrogen-bond acceptors (Lipinski definition) is 5. The molecule has 0 aliphatic rings. The van der Waals surface area contributed by atoms with E-state index in [4.69, 9.17) is 11.6 Å². The van der Waals surface area contributed by atoms with Crippen LogP contribution in [0.1, 0.15) is 5.82 Å². The average molecular weight is 339 g/mol. The van der Waals surface area contributed by atoms with Crippen molar-refractivity contribution in [1.82, 2.24) is 14.6 Å². The second-order valence-electron chi connectivity index (χ2n) is 4.57. The number of nitrogens with zero attached hydrogens (tertiary/aromatic N) is 3. The highest BCUT2D eigenvalue weighted by atomic mass is 35.5. The molecule has 0 unspecified atom stereocenters. The van der Waals surface area contributed by atoms with Crippen molar-refractivity contribution in [1.29, 1.82) is 0 Å². The number of benzene rings is 1. The van der Waals surface area contributed by atoms with Gasteiger partial charge in [0.05, 0.1) is 5.69 Å². The molecule has 0 saturated carbocycles. The van der Waals surface area contributed by atoms with Crippen LogP contribution in [0.25, 0.3) is 5.65 Å². The Hall–Kier alpha value is -2.32. The molecule has 0 bridgehead atoms. The summed E-state index contributed by atoms with van der Waals surface area (Å²) in [6.07, 6.45) is 1.66. The van der Waals surface area contributed by atoms with Crippen molar-refractivity contribution in [2.24, 2.45) is 0 Å². The smallest absolute Gasteiger partial charge is 0.265 e. The number of nitrogens with one attached hydrogen (secondary N) is 1. The minimum atomic E-state index is -4.01. The van der Waals surface area contributed by atoms with E-state index in [-0.39, 0.29) is 21.4 Å². The van der Waals surface area contributed by atoms with Crippen LogP contribution in [0.5, 0.6) is 5.75 Å². The Morgan fingerprint density at radius 3 is 2.86 bits per heavy atom. The fraction of sp³-hybridized carbons (Fsp3) is 0.0769. The number of pyridine rings is 1. The second-order valence-corrected chi connectivity index (χ2v) is 6.65. The molecule has 0 saturated heterocycles. The lowest BCUT2D eigenvalue weighted by atomic mass is 10.3. The lowest BCUT2D eigenvalue weighted by Gasteiger charge is -2.10. The normalized spacial score (nSPS) is 11.7. The maximum Gasteiger partial charge on any atom is 0.265 e. The van der Waals surface area contributed by atoms with Gasteiger partial charge in [0.1, 0.15) is 16.5 Å². The number of rotatable bonds is 3. The highest BCUT2D eigenvalue weighted by molar-refractivity contribution is 7.92. The zero-order chi connectivity index (χ0) is 15.9. The van der Waals surface area contributed by atoms with Crippen LogP contribution in [-0.2, 0) is 10.0 Å². The number of aryl methyl sites for hydroxylation is 1. The van der Waals surface area contributed by atoms with Crippen molar-refractivity contribution in [3.05, 3.63) is 47.4 Å². The first-order valence-corrected chi connectivity index (χ1v) is 8.06. The number of phenolic OH excluding ortho intramolecular Hbond substituents is 1. The van der Waals surface area contributed by atoms with Crippen molar-refractivity contribution in [3.63, 3.8) is 0 Å². The third kappa shape index (κ3) is 2.58. The van der Waals surface area contributed by atoms with Gasteiger partial charge in [0, 0.05) is 11.2 Å². The Labute approximate surface area is 131 Å². The summed E-state index contributed by atoms with van der Waals surface area (Å²) in [5.41, 5.74) is 0.618. The van der Waals surface area contributed by atoms with Gasteiger partial charge in [-0.05, 0) is 37.3 Å². The molecule has 0 radical (unpaired) electrons. The Morgan fingerprint density at radius 2 is 2.09 bits per heavy atom. The van der Waals surface area contributed by atoms with E-state index in [1.165, 1.54) is 22.7 Å². The van der Waals surface area contributed by atoms with Crippen LogP contribution in [-0.4, -0.2) is 28.1 Å². The summed E-state index contributed by atoms with van der Waals surface area (Å²) in [7, 11) is -4.01. The molecule has 1 aromatic carbocycles. The van der Waals surface area contributed by atoms with Crippen molar-refractivity contribution < 1.29 is 13.5 Å². The zero-order valence-electron chi connectivity index (χ0n) is 11.4. The van der Waals surface area contributed by atoms with Crippen molar-refractivity contribution in [3.8, 4) is 5.75 Å². The quantitative estimate of drug-likeness (QED) is 0.763. The molecular weight excluding hydrogens is 328 g/mol. The van der Waals surface area contributed by atoms with Gasteiger partial charge in [0.2, 0.25) is 0 Å². The predicted octanol–water partition coefficient (Wildman–Crippen LogP) is 2.20. The molecule has 2 heterocycles. The molecule has 0 amide bonds. The van der Waals surface area contributed by atoms with Crippen LogP contribution in [0.4, 0.5) is 5.69 Å². The molecule has 0 spiro atoms. The van der Waals surface area contributed by atoms with E-state index in [0.29, 0.717) is 11.5 Å². The summed E-state index contributed by atoms with van der Waals surface area (Å²) in [6, 6.07) is 6.99. The standard InChI is InChI=1S/C13H11ClN4O3S/c1-8-15-13-10(3-2-6-18(13)16-8)17-22(20,21)12-7-9(14)4-5-11(12)19/h2-7,17,19H,1H3. The van der Waals surface area contributed by atoms with E-state index in [0.717, 1.165) is 0 Å². The maximum atomic E-state index is 12.4. The number of fused-ring (bicyclic) bond motifs is 1. The first-order valence-electron chi connectivity index (χ1n) is 6.20. The minimum Gasteiger partial charge on any atom is -0.507 e. The molecule has 0 aliphatic heterocycles. The summed E-state index contributed by atoms with van der Waals surface area (Å²) < 4.78 is 28.7. The molecule has 2 N–H and O–H groups in total. The monoisotopic (exact) mass is 338 g/mol. The lowest BCUT2D eigenvalue weighted by molar-refractivity contribution is 0.459. The van der Waals surface area contributed by atoms with Crippen LogP contribution in [0.15, 0.2) is 41.4 Å². The Bertz CT molecular complexity index is 969. The van der Waals surface area contributed by atoms with E-state index in [9.17, 15) is 13.5 Å². The third-order valence-corrected chi connectivity index (χ3v) is 4.55. The highest BCUT2D eigenvalue weighted by Crippen LogP contribution is 2.28. The van der Waals surface area contributed by atoms with Crippen LogP contribution in [0, 0.1) is 6.92 Å². The largest absolute Gasteiger partial charge is 0.507 e. The van der Waals surface area contributed by atoms with Gasteiger partial charge in [-0.1, -0.05) is 11.6 Å². The third-order valence-electron chi connectivity index (χ3n) is 2.92. The fourth-order valence-corrected chi connectivity index (χ4v) is 3.42. The van der Waals surface area contributed by atoms with E-state index in [2.05, 4.69) is 14.8 Å². The van der Waals surface area contributed by atoms with E-state index in [1.54, 1.807) is 25.3 Å². The summed E-state index contributed by atoms with van der Waals surface area (Å²) in [5.74, 6) is 0.124. The number of phenols is 1. The molecule has 0 atom stereocenters. The van der Waals surface area contributed by atoms with E-state index < -0.39 is 10.0 Å². The molecule has 3 rings (SSSR count). The molecule has 114 valence electrons. The van der Waals surface area contributed by atoms with Gasteiger partial charge in [0.25, 0.3) is 10.0 Å². The number of aromatic nitrogens is 3. The SMILES string of the molecule is Cc1nc2c(NS(=O)(=O)c3cc(Cl)ccc3O)cccn2n1. The first kappa shape index (κ1) is 14.6. The molecule has 7 nitrogen and oxygen atoms in total. The molecule has 0 fully saturated rings.